The van der Waals surface area contributed by atoms with Crippen LogP contribution < -0.4 is 4.72 Å². The van der Waals surface area contributed by atoms with Crippen LogP contribution in [0.3, 0.4) is 0 Å². The van der Waals surface area contributed by atoms with Gasteiger partial charge in [-0.15, -0.1) is 0 Å². The first-order valence-electron chi connectivity index (χ1n) is 6.40. The molecule has 0 atom stereocenters. The van der Waals surface area contributed by atoms with Crippen molar-refractivity contribution in [2.45, 2.75) is 15.5 Å². The largest absolute Gasteiger partial charge is 0.478 e. The molecule has 2 N–H and O–H groups in total. The summed E-state index contributed by atoms with van der Waals surface area (Å²) in [7, 11) is -4.32. The number of anilines is 1. The molecule has 0 aromatic heterocycles. The lowest BCUT2D eigenvalue weighted by atomic mass is 10.2. The predicted octanol–water partition coefficient (Wildman–Crippen LogP) is 4.29. The van der Waals surface area contributed by atoms with E-state index in [0.29, 0.717) is 23.9 Å². The van der Waals surface area contributed by atoms with Crippen LogP contribution in [0.25, 0.3) is 0 Å². The number of rotatable bonds is 6. The Labute approximate surface area is 149 Å². The monoisotopic (exact) mass is 411 g/mol. The molecule has 0 heterocycles. The first kappa shape index (κ1) is 19.4. The van der Waals surface area contributed by atoms with E-state index in [4.69, 9.17) is 16.7 Å². The summed E-state index contributed by atoms with van der Waals surface area (Å²) >= 11 is 5.99. The van der Waals surface area contributed by atoms with Gasteiger partial charge in [-0.3, -0.25) is 4.72 Å². The number of carboxylic acid groups (broad SMARTS) is 1. The zero-order valence-electron chi connectivity index (χ0n) is 12.0. The topological polar surface area (TPSA) is 83.5 Å². The van der Waals surface area contributed by atoms with Crippen LogP contribution in [-0.4, -0.2) is 25.3 Å². The van der Waals surface area contributed by atoms with E-state index >= 15 is 0 Å². The summed E-state index contributed by atoms with van der Waals surface area (Å²) in [4.78, 5) is 10.5. The highest BCUT2D eigenvalue weighted by Crippen LogP contribution is 2.29. The van der Waals surface area contributed by atoms with Crippen molar-refractivity contribution in [3.05, 3.63) is 52.8 Å². The van der Waals surface area contributed by atoms with Crippen LogP contribution >= 0.6 is 23.4 Å². The van der Waals surface area contributed by atoms with Gasteiger partial charge in [0.15, 0.2) is 0 Å². The summed E-state index contributed by atoms with van der Waals surface area (Å²) in [6, 6.07) is 6.24. The van der Waals surface area contributed by atoms with E-state index in [2.05, 4.69) is 4.72 Å². The van der Waals surface area contributed by atoms with Crippen LogP contribution in [0.2, 0.25) is 5.02 Å². The van der Waals surface area contributed by atoms with Crippen LogP contribution in [0.4, 0.5) is 18.9 Å². The fourth-order valence-electron chi connectivity index (χ4n) is 1.81. The Balaban J connectivity index is 2.33. The lowest BCUT2D eigenvalue weighted by Gasteiger charge is -2.11. The molecule has 2 rings (SSSR count). The molecule has 0 fully saturated rings. The normalized spacial score (nSPS) is 11.6. The molecule has 0 unspecified atom stereocenters. The molecular formula is C14H9ClF3NO4S2. The molecule has 0 aliphatic rings. The molecule has 0 aliphatic heterocycles. The Morgan fingerprint density at radius 2 is 1.80 bits per heavy atom. The van der Waals surface area contributed by atoms with Crippen LogP contribution in [0.5, 0.6) is 0 Å². The van der Waals surface area contributed by atoms with Gasteiger partial charge in [0.2, 0.25) is 0 Å². The second-order valence-electron chi connectivity index (χ2n) is 4.58. The lowest BCUT2D eigenvalue weighted by molar-refractivity contribution is 0.0691. The molecule has 0 saturated heterocycles. The van der Waals surface area contributed by atoms with Gasteiger partial charge < -0.3 is 5.11 Å². The Morgan fingerprint density at radius 1 is 1.20 bits per heavy atom. The molecular weight excluding hydrogens is 403 g/mol. The van der Waals surface area contributed by atoms with Crippen LogP contribution in [0, 0.1) is 5.82 Å². The molecule has 5 nitrogen and oxygen atoms in total. The minimum atomic E-state index is -4.32. The van der Waals surface area contributed by atoms with E-state index in [9.17, 15) is 26.4 Å². The highest BCUT2D eigenvalue weighted by molar-refractivity contribution is 7.99. The maximum atomic E-state index is 13.5. The van der Waals surface area contributed by atoms with E-state index in [1.165, 1.54) is 24.3 Å². The van der Waals surface area contributed by atoms with Gasteiger partial charge in [0.25, 0.3) is 15.8 Å². The highest BCUT2D eigenvalue weighted by Gasteiger charge is 2.23. The fourth-order valence-corrected chi connectivity index (χ4v) is 3.91. The standard InChI is InChI=1S/C14H9ClF3NO4S2/c15-10-6-11(16)9(13(20)21)5-12(10)25(22,23)19-7-1-3-8(4-2-7)24-14(17)18/h1-6,14,19H,(H,20,21). The number of benzene rings is 2. The first-order chi connectivity index (χ1) is 11.6. The van der Waals surface area contributed by atoms with Gasteiger partial charge in [0.05, 0.1) is 10.6 Å². The zero-order chi connectivity index (χ0) is 18.8. The number of carboxylic acids is 1. The summed E-state index contributed by atoms with van der Waals surface area (Å²) in [6.07, 6.45) is 0. The third-order valence-electron chi connectivity index (χ3n) is 2.87. The average Bonchev–Trinajstić information content (AvgIpc) is 2.47. The Kier molecular flexibility index (Phi) is 5.86. The number of hydrogen-bond acceptors (Lipinski definition) is 4. The van der Waals surface area contributed by atoms with E-state index in [-0.39, 0.29) is 10.6 Å². The lowest BCUT2D eigenvalue weighted by Crippen LogP contribution is -2.15. The Bertz CT molecular complexity index is 905. The van der Waals surface area contributed by atoms with E-state index in [1.54, 1.807) is 0 Å². The maximum absolute atomic E-state index is 13.5. The zero-order valence-corrected chi connectivity index (χ0v) is 14.4. The number of aromatic carboxylic acids is 1. The Morgan fingerprint density at radius 3 is 2.32 bits per heavy atom. The summed E-state index contributed by atoms with van der Waals surface area (Å²) in [6.45, 7) is 0. The fraction of sp³-hybridized carbons (Fsp3) is 0.0714. The van der Waals surface area contributed by atoms with Crippen molar-refractivity contribution in [3.63, 3.8) is 0 Å². The van der Waals surface area contributed by atoms with Crippen molar-refractivity contribution >= 4 is 45.0 Å². The molecule has 0 aliphatic carbocycles. The quantitative estimate of drug-likeness (QED) is 0.693. The summed E-state index contributed by atoms with van der Waals surface area (Å²) in [5.41, 5.74) is -0.815. The summed E-state index contributed by atoms with van der Waals surface area (Å²) < 4.78 is 64.8. The molecule has 0 saturated carbocycles. The third-order valence-corrected chi connectivity index (χ3v) is 5.44. The molecule has 0 spiro atoms. The molecule has 2 aromatic carbocycles. The number of halogens is 4. The van der Waals surface area contributed by atoms with Crippen molar-refractivity contribution in [1.29, 1.82) is 0 Å². The SMILES string of the molecule is O=C(O)c1cc(S(=O)(=O)Nc2ccc(SC(F)F)cc2)c(Cl)cc1F. The minimum absolute atomic E-state index is 0.0379. The van der Waals surface area contributed by atoms with Crippen molar-refractivity contribution in [2.75, 3.05) is 4.72 Å². The molecule has 134 valence electrons. The van der Waals surface area contributed by atoms with Crippen LogP contribution in [0.15, 0.2) is 46.2 Å². The molecule has 0 amide bonds. The number of hydrogen-bond donors (Lipinski definition) is 2. The van der Waals surface area contributed by atoms with Gasteiger partial charge in [0, 0.05) is 10.6 Å². The number of alkyl halides is 2. The minimum Gasteiger partial charge on any atom is -0.478 e. The number of nitrogens with one attached hydrogen (secondary N) is 1. The number of thioether (sulfide) groups is 1. The van der Waals surface area contributed by atoms with Crippen molar-refractivity contribution in [2.24, 2.45) is 0 Å². The van der Waals surface area contributed by atoms with Gasteiger partial charge in [-0.25, -0.2) is 17.6 Å². The van der Waals surface area contributed by atoms with E-state index < -0.39 is 43.0 Å². The molecule has 0 bridgehead atoms. The average molecular weight is 412 g/mol. The van der Waals surface area contributed by atoms with E-state index in [1.807, 2.05) is 0 Å². The van der Waals surface area contributed by atoms with Crippen molar-refractivity contribution in [3.8, 4) is 0 Å². The van der Waals surface area contributed by atoms with Crippen molar-refractivity contribution in [1.82, 2.24) is 0 Å². The van der Waals surface area contributed by atoms with E-state index in [0.717, 1.165) is 0 Å². The van der Waals surface area contributed by atoms with Gasteiger partial charge >= 0.3 is 5.97 Å². The van der Waals surface area contributed by atoms with Crippen molar-refractivity contribution < 1.29 is 31.5 Å². The van der Waals surface area contributed by atoms with Gasteiger partial charge in [-0.1, -0.05) is 23.4 Å². The summed E-state index contributed by atoms with van der Waals surface area (Å²) in [5.74, 6) is -5.45. The molecule has 11 heteroatoms. The van der Waals surface area contributed by atoms with Gasteiger partial charge in [0.1, 0.15) is 10.7 Å². The Hall–Kier alpha value is -1.91. The van der Waals surface area contributed by atoms with Gasteiger partial charge in [-0.05, 0) is 36.4 Å². The predicted molar refractivity (Wildman–Crippen MR) is 87.5 cm³/mol. The third kappa shape index (κ3) is 4.80. The highest BCUT2D eigenvalue weighted by atomic mass is 35.5. The summed E-state index contributed by atoms with van der Waals surface area (Å²) in [5, 5.41) is 8.38. The van der Waals surface area contributed by atoms with Crippen LogP contribution in [-0.2, 0) is 10.0 Å². The van der Waals surface area contributed by atoms with Gasteiger partial charge in [-0.2, -0.15) is 8.78 Å². The second-order valence-corrected chi connectivity index (χ2v) is 7.70. The molecule has 2 aromatic rings. The number of carbonyl (C=O) groups is 1. The second kappa shape index (κ2) is 7.54. The first-order valence-corrected chi connectivity index (χ1v) is 9.14. The smallest absolute Gasteiger partial charge is 0.338 e. The maximum Gasteiger partial charge on any atom is 0.338 e. The number of sulfonamides is 1. The van der Waals surface area contributed by atoms with Crippen LogP contribution in [0.1, 0.15) is 10.4 Å². The molecule has 0 radical (unpaired) electrons. The molecule has 25 heavy (non-hydrogen) atoms.